The first kappa shape index (κ1) is 14.3. The molecule has 2 N–H and O–H groups in total. The average molecular weight is 282 g/mol. The van der Waals surface area contributed by atoms with Crippen LogP contribution < -0.4 is 10.2 Å². The average Bonchev–Trinajstić information content (AvgIpc) is 2.96. The van der Waals surface area contributed by atoms with Crippen molar-refractivity contribution in [2.75, 3.05) is 25.1 Å². The Hall–Kier alpha value is -1.11. The van der Waals surface area contributed by atoms with Crippen molar-refractivity contribution in [1.29, 1.82) is 0 Å². The third-order valence-corrected chi connectivity index (χ3v) is 4.25. The van der Waals surface area contributed by atoms with E-state index in [1.807, 2.05) is 32.5 Å². The van der Waals surface area contributed by atoms with Crippen LogP contribution in [0, 0.1) is 0 Å². The first-order chi connectivity index (χ1) is 9.01. The third kappa shape index (κ3) is 2.61. The molecule has 0 saturated carbocycles. The predicted molar refractivity (Wildman–Crippen MR) is 80.0 cm³/mol. The Morgan fingerprint density at radius 3 is 2.89 bits per heavy atom. The predicted octanol–water partition coefficient (Wildman–Crippen LogP) is 1.71. The van der Waals surface area contributed by atoms with E-state index in [4.69, 9.17) is 4.98 Å². The highest BCUT2D eigenvalue weighted by atomic mass is 32.1. The van der Waals surface area contributed by atoms with Gasteiger partial charge in [0.25, 0.3) is 0 Å². The van der Waals surface area contributed by atoms with Crippen LogP contribution in [-0.4, -0.2) is 40.2 Å². The van der Waals surface area contributed by atoms with E-state index >= 15 is 0 Å². The topological polar surface area (TPSA) is 52.8 Å². The Balaban J connectivity index is 2.43. The summed E-state index contributed by atoms with van der Waals surface area (Å²) in [5.41, 5.74) is 0.812. The summed E-state index contributed by atoms with van der Waals surface area (Å²) in [5, 5.41) is 14.9. The molecular weight excluding hydrogens is 260 g/mol. The standard InChI is InChI=1S/C13H22N4OS/c1-5-14-8-10-11(16(4)13(2,3)9-18)15-12-17(10)6-7-19-12/h6-7,14,18H,5,8-9H2,1-4H3. The van der Waals surface area contributed by atoms with Gasteiger partial charge in [0.2, 0.25) is 0 Å². The van der Waals surface area contributed by atoms with E-state index in [1.54, 1.807) is 11.3 Å². The maximum absolute atomic E-state index is 9.53. The van der Waals surface area contributed by atoms with Gasteiger partial charge in [0.05, 0.1) is 17.8 Å². The number of aliphatic hydroxyl groups excluding tert-OH is 1. The van der Waals surface area contributed by atoms with Gasteiger partial charge >= 0.3 is 0 Å². The molecule has 0 fully saturated rings. The minimum Gasteiger partial charge on any atom is -0.394 e. The Labute approximate surface area is 117 Å². The van der Waals surface area contributed by atoms with E-state index in [1.165, 1.54) is 0 Å². The molecule has 2 aromatic heterocycles. The lowest BCUT2D eigenvalue weighted by atomic mass is 10.1. The fraction of sp³-hybridized carbons (Fsp3) is 0.615. The van der Waals surface area contributed by atoms with Crippen molar-refractivity contribution in [3.8, 4) is 0 Å². The number of imidazole rings is 1. The lowest BCUT2D eigenvalue weighted by Crippen LogP contribution is -2.45. The van der Waals surface area contributed by atoms with Crippen LogP contribution in [0.25, 0.3) is 4.96 Å². The lowest BCUT2D eigenvalue weighted by Gasteiger charge is -2.34. The van der Waals surface area contributed by atoms with Crippen molar-refractivity contribution in [3.63, 3.8) is 0 Å². The van der Waals surface area contributed by atoms with Gasteiger partial charge in [-0.3, -0.25) is 4.40 Å². The van der Waals surface area contributed by atoms with Crippen LogP contribution in [-0.2, 0) is 6.54 Å². The minimum atomic E-state index is -0.328. The zero-order chi connectivity index (χ0) is 14.0. The molecule has 2 heterocycles. The highest BCUT2D eigenvalue weighted by molar-refractivity contribution is 7.15. The van der Waals surface area contributed by atoms with E-state index < -0.39 is 0 Å². The Morgan fingerprint density at radius 1 is 1.53 bits per heavy atom. The summed E-state index contributed by atoms with van der Waals surface area (Å²) in [6.07, 6.45) is 2.04. The van der Waals surface area contributed by atoms with Crippen LogP contribution in [0.3, 0.4) is 0 Å². The monoisotopic (exact) mass is 282 g/mol. The van der Waals surface area contributed by atoms with Gasteiger partial charge in [0, 0.05) is 25.2 Å². The number of anilines is 1. The van der Waals surface area contributed by atoms with E-state index in [9.17, 15) is 5.11 Å². The largest absolute Gasteiger partial charge is 0.394 e. The molecule has 2 aromatic rings. The number of thiazole rings is 1. The van der Waals surface area contributed by atoms with Crippen LogP contribution in [0.15, 0.2) is 11.6 Å². The van der Waals surface area contributed by atoms with E-state index in [0.29, 0.717) is 0 Å². The summed E-state index contributed by atoms with van der Waals surface area (Å²) in [7, 11) is 1.98. The van der Waals surface area contributed by atoms with Gasteiger partial charge in [-0.1, -0.05) is 6.92 Å². The number of fused-ring (bicyclic) bond motifs is 1. The molecular formula is C13H22N4OS. The minimum absolute atomic E-state index is 0.0926. The van der Waals surface area contributed by atoms with E-state index in [0.717, 1.165) is 29.6 Å². The number of aliphatic hydroxyl groups is 1. The molecule has 0 spiro atoms. The summed E-state index contributed by atoms with van der Waals surface area (Å²) in [6.45, 7) is 7.90. The van der Waals surface area contributed by atoms with Crippen molar-refractivity contribution >= 4 is 22.1 Å². The molecule has 106 valence electrons. The number of aromatic nitrogens is 2. The molecule has 0 unspecified atom stereocenters. The normalized spacial score (nSPS) is 12.3. The fourth-order valence-electron chi connectivity index (χ4n) is 1.89. The van der Waals surface area contributed by atoms with E-state index in [-0.39, 0.29) is 12.1 Å². The second-order valence-corrected chi connectivity index (χ2v) is 6.12. The second-order valence-electron chi connectivity index (χ2n) is 5.25. The van der Waals surface area contributed by atoms with Crippen molar-refractivity contribution in [3.05, 3.63) is 17.3 Å². The van der Waals surface area contributed by atoms with Gasteiger partial charge < -0.3 is 15.3 Å². The first-order valence-corrected chi connectivity index (χ1v) is 7.39. The molecule has 0 aliphatic heterocycles. The van der Waals surface area contributed by atoms with Crippen LogP contribution in [0.4, 0.5) is 5.82 Å². The zero-order valence-corrected chi connectivity index (χ0v) is 12.8. The Morgan fingerprint density at radius 2 is 2.26 bits per heavy atom. The molecule has 0 atom stereocenters. The number of hydrogen-bond acceptors (Lipinski definition) is 5. The highest BCUT2D eigenvalue weighted by Crippen LogP contribution is 2.28. The summed E-state index contributed by atoms with van der Waals surface area (Å²) in [6, 6.07) is 0. The van der Waals surface area contributed by atoms with Gasteiger partial charge in [-0.25, -0.2) is 4.98 Å². The number of likely N-dealkylation sites (N-methyl/N-ethyl adjacent to an activating group) is 1. The Kier molecular flexibility index (Phi) is 4.13. The number of nitrogens with zero attached hydrogens (tertiary/aromatic N) is 3. The maximum atomic E-state index is 9.53. The van der Waals surface area contributed by atoms with Crippen LogP contribution in [0.2, 0.25) is 0 Å². The zero-order valence-electron chi connectivity index (χ0n) is 12.0. The molecule has 19 heavy (non-hydrogen) atoms. The van der Waals surface area contributed by atoms with Gasteiger partial charge in [-0.2, -0.15) is 0 Å². The summed E-state index contributed by atoms with van der Waals surface area (Å²) < 4.78 is 2.12. The quantitative estimate of drug-likeness (QED) is 0.847. The smallest absolute Gasteiger partial charge is 0.195 e. The molecule has 2 rings (SSSR count). The van der Waals surface area contributed by atoms with Gasteiger partial charge in [0.1, 0.15) is 0 Å². The molecule has 0 aromatic carbocycles. The molecule has 0 bridgehead atoms. The first-order valence-electron chi connectivity index (χ1n) is 6.51. The number of rotatable bonds is 6. The van der Waals surface area contributed by atoms with Gasteiger partial charge in [-0.05, 0) is 20.4 Å². The van der Waals surface area contributed by atoms with Gasteiger partial charge in [-0.15, -0.1) is 11.3 Å². The molecule has 5 nitrogen and oxygen atoms in total. The Bertz CT molecular complexity index is 546. The molecule has 0 amide bonds. The molecule has 0 aliphatic rings. The SMILES string of the molecule is CCNCc1c(N(C)C(C)(C)CO)nc2sccn12. The molecule has 0 saturated heterocycles. The van der Waals surface area contributed by atoms with Crippen molar-refractivity contribution < 1.29 is 5.11 Å². The third-order valence-electron chi connectivity index (χ3n) is 3.49. The number of nitrogens with one attached hydrogen (secondary N) is 1. The summed E-state index contributed by atoms with van der Waals surface area (Å²) in [4.78, 5) is 7.74. The van der Waals surface area contributed by atoms with Crippen LogP contribution >= 0.6 is 11.3 Å². The van der Waals surface area contributed by atoms with E-state index in [2.05, 4.69) is 21.5 Å². The highest BCUT2D eigenvalue weighted by Gasteiger charge is 2.27. The summed E-state index contributed by atoms with van der Waals surface area (Å²) in [5.74, 6) is 0.937. The molecule has 0 aliphatic carbocycles. The maximum Gasteiger partial charge on any atom is 0.195 e. The van der Waals surface area contributed by atoms with Gasteiger partial charge in [0.15, 0.2) is 10.8 Å². The van der Waals surface area contributed by atoms with Crippen molar-refractivity contribution in [2.45, 2.75) is 32.9 Å². The second kappa shape index (κ2) is 5.48. The van der Waals surface area contributed by atoms with Crippen molar-refractivity contribution in [1.82, 2.24) is 14.7 Å². The van der Waals surface area contributed by atoms with Crippen molar-refractivity contribution in [2.24, 2.45) is 0 Å². The summed E-state index contributed by atoms with van der Waals surface area (Å²) >= 11 is 1.63. The molecule has 0 radical (unpaired) electrons. The number of hydrogen-bond donors (Lipinski definition) is 2. The lowest BCUT2D eigenvalue weighted by molar-refractivity contribution is 0.215. The van der Waals surface area contributed by atoms with Crippen LogP contribution in [0.5, 0.6) is 0 Å². The fourth-order valence-corrected chi connectivity index (χ4v) is 2.62. The molecule has 6 heteroatoms. The van der Waals surface area contributed by atoms with Crippen LogP contribution in [0.1, 0.15) is 26.5 Å².